The third kappa shape index (κ3) is 3.88. The van der Waals surface area contributed by atoms with Gasteiger partial charge in [-0.05, 0) is 36.4 Å². The first-order valence-electron chi connectivity index (χ1n) is 7.82. The number of sulfonamides is 1. The molecule has 2 aromatic carbocycles. The molecular formula is C17H16BrClN2O4S. The average Bonchev–Trinajstić information content (AvgIpc) is 2.63. The molecule has 1 aliphatic heterocycles. The highest BCUT2D eigenvalue weighted by atomic mass is 79.9. The van der Waals surface area contributed by atoms with Crippen LogP contribution < -0.4 is 0 Å². The highest BCUT2D eigenvalue weighted by molar-refractivity contribution is 9.10. The molecule has 1 amide bonds. The smallest absolute Gasteiger partial charge is 0.257 e. The zero-order valence-corrected chi connectivity index (χ0v) is 16.8. The fourth-order valence-electron chi connectivity index (χ4n) is 2.76. The summed E-state index contributed by atoms with van der Waals surface area (Å²) in [5.74, 6) is -0.520. The van der Waals surface area contributed by atoms with E-state index in [9.17, 15) is 18.3 Å². The molecule has 0 atom stereocenters. The number of amides is 1. The number of carbonyl (C=O) groups excluding carboxylic acids is 1. The molecule has 26 heavy (non-hydrogen) atoms. The molecule has 3 rings (SSSR count). The largest absolute Gasteiger partial charge is 0.507 e. The molecule has 1 fully saturated rings. The first-order valence-corrected chi connectivity index (χ1v) is 10.4. The zero-order valence-electron chi connectivity index (χ0n) is 13.6. The number of hydrogen-bond donors (Lipinski definition) is 1. The molecule has 138 valence electrons. The molecule has 0 aromatic heterocycles. The van der Waals surface area contributed by atoms with Crippen molar-refractivity contribution in [3.63, 3.8) is 0 Å². The van der Waals surface area contributed by atoms with Gasteiger partial charge in [-0.25, -0.2) is 8.42 Å². The van der Waals surface area contributed by atoms with E-state index in [-0.39, 0.29) is 48.3 Å². The second-order valence-electron chi connectivity index (χ2n) is 5.82. The van der Waals surface area contributed by atoms with Crippen LogP contribution in [0.3, 0.4) is 0 Å². The van der Waals surface area contributed by atoms with Gasteiger partial charge in [-0.2, -0.15) is 4.31 Å². The van der Waals surface area contributed by atoms with Crippen LogP contribution in [0.15, 0.2) is 51.8 Å². The van der Waals surface area contributed by atoms with E-state index in [1.807, 2.05) is 0 Å². The fourth-order valence-corrected chi connectivity index (χ4v) is 4.95. The van der Waals surface area contributed by atoms with Gasteiger partial charge in [0.2, 0.25) is 10.0 Å². The van der Waals surface area contributed by atoms with Crippen LogP contribution in [-0.2, 0) is 10.0 Å². The highest BCUT2D eigenvalue weighted by Crippen LogP contribution is 2.25. The molecular weight excluding hydrogens is 444 g/mol. The summed E-state index contributed by atoms with van der Waals surface area (Å²) in [6.07, 6.45) is 0. The number of phenolic OH excluding ortho intramolecular Hbond substituents is 1. The number of nitrogens with zero attached hydrogens (tertiary/aromatic N) is 2. The first kappa shape index (κ1) is 19.2. The van der Waals surface area contributed by atoms with Gasteiger partial charge in [0, 0.05) is 35.7 Å². The van der Waals surface area contributed by atoms with Crippen molar-refractivity contribution in [2.24, 2.45) is 0 Å². The summed E-state index contributed by atoms with van der Waals surface area (Å²) < 4.78 is 27.5. The van der Waals surface area contributed by atoms with Crippen molar-refractivity contribution in [2.75, 3.05) is 26.2 Å². The number of benzene rings is 2. The van der Waals surface area contributed by atoms with Crippen molar-refractivity contribution < 1.29 is 18.3 Å². The molecule has 0 bridgehead atoms. The van der Waals surface area contributed by atoms with Gasteiger partial charge in [0.1, 0.15) is 5.75 Å². The van der Waals surface area contributed by atoms with Gasteiger partial charge in [0.25, 0.3) is 5.91 Å². The zero-order chi connectivity index (χ0) is 18.9. The lowest BCUT2D eigenvalue weighted by atomic mass is 10.1. The number of halogens is 2. The quantitative estimate of drug-likeness (QED) is 0.765. The van der Waals surface area contributed by atoms with E-state index >= 15 is 0 Å². The SMILES string of the molecule is O=C(c1cc(Cl)ccc1O)N1CCN(S(=O)(=O)c2cccc(Br)c2)CC1. The Kier molecular flexibility index (Phi) is 5.57. The lowest BCUT2D eigenvalue weighted by Crippen LogP contribution is -2.50. The monoisotopic (exact) mass is 458 g/mol. The fraction of sp³-hybridized carbons (Fsp3) is 0.235. The molecule has 6 nitrogen and oxygen atoms in total. The Hall–Kier alpha value is -1.61. The molecule has 0 radical (unpaired) electrons. The molecule has 2 aromatic rings. The van der Waals surface area contributed by atoms with Crippen LogP contribution in [0.5, 0.6) is 5.75 Å². The Morgan fingerprint density at radius 1 is 1.08 bits per heavy atom. The van der Waals surface area contributed by atoms with E-state index < -0.39 is 10.0 Å². The summed E-state index contributed by atoms with van der Waals surface area (Å²) in [5, 5.41) is 10.2. The average molecular weight is 460 g/mol. The molecule has 0 aliphatic carbocycles. The van der Waals surface area contributed by atoms with E-state index in [0.717, 1.165) is 0 Å². The van der Waals surface area contributed by atoms with Crippen LogP contribution in [-0.4, -0.2) is 54.8 Å². The Bertz CT molecular complexity index is 944. The molecule has 1 saturated heterocycles. The van der Waals surface area contributed by atoms with Crippen molar-refractivity contribution in [2.45, 2.75) is 4.90 Å². The van der Waals surface area contributed by atoms with Gasteiger partial charge in [-0.1, -0.05) is 33.6 Å². The highest BCUT2D eigenvalue weighted by Gasteiger charge is 2.31. The van der Waals surface area contributed by atoms with Crippen LogP contribution in [0.2, 0.25) is 5.02 Å². The third-order valence-corrected chi connectivity index (χ3v) is 6.77. The van der Waals surface area contributed by atoms with Crippen molar-refractivity contribution in [3.8, 4) is 5.75 Å². The van der Waals surface area contributed by atoms with Crippen LogP contribution in [0.1, 0.15) is 10.4 Å². The molecule has 0 unspecified atom stereocenters. The summed E-state index contributed by atoms with van der Waals surface area (Å²) >= 11 is 9.17. The van der Waals surface area contributed by atoms with Crippen LogP contribution >= 0.6 is 27.5 Å². The Labute approximate surface area is 165 Å². The minimum Gasteiger partial charge on any atom is -0.507 e. The number of hydrogen-bond acceptors (Lipinski definition) is 4. The maximum atomic E-state index is 12.7. The minimum atomic E-state index is -3.62. The second kappa shape index (κ2) is 7.56. The van der Waals surface area contributed by atoms with Gasteiger partial charge in [-0.15, -0.1) is 0 Å². The number of carbonyl (C=O) groups is 1. The van der Waals surface area contributed by atoms with Crippen molar-refractivity contribution >= 4 is 43.5 Å². The van der Waals surface area contributed by atoms with Crippen LogP contribution in [0.4, 0.5) is 0 Å². The number of rotatable bonds is 3. The van der Waals surface area contributed by atoms with E-state index in [0.29, 0.717) is 9.50 Å². The van der Waals surface area contributed by atoms with E-state index in [1.165, 1.54) is 27.4 Å². The van der Waals surface area contributed by atoms with Crippen molar-refractivity contribution in [3.05, 3.63) is 57.5 Å². The molecule has 9 heteroatoms. The van der Waals surface area contributed by atoms with Gasteiger partial charge in [-0.3, -0.25) is 4.79 Å². The maximum Gasteiger partial charge on any atom is 0.257 e. The van der Waals surface area contributed by atoms with Gasteiger partial charge >= 0.3 is 0 Å². The molecule has 1 aliphatic rings. The Balaban J connectivity index is 1.73. The number of piperazine rings is 1. The third-order valence-electron chi connectivity index (χ3n) is 4.15. The second-order valence-corrected chi connectivity index (χ2v) is 9.11. The lowest BCUT2D eigenvalue weighted by molar-refractivity contribution is 0.0695. The Morgan fingerprint density at radius 3 is 2.42 bits per heavy atom. The molecule has 1 N–H and O–H groups in total. The molecule has 1 heterocycles. The predicted octanol–water partition coefficient (Wildman–Crippen LogP) is 2.95. The van der Waals surface area contributed by atoms with E-state index in [4.69, 9.17) is 11.6 Å². The van der Waals surface area contributed by atoms with Crippen molar-refractivity contribution in [1.29, 1.82) is 0 Å². The van der Waals surface area contributed by atoms with Gasteiger partial charge < -0.3 is 10.0 Å². The lowest BCUT2D eigenvalue weighted by Gasteiger charge is -2.34. The summed E-state index contributed by atoms with van der Waals surface area (Å²) in [5.41, 5.74) is 0.112. The standard InChI is InChI=1S/C17H16BrClN2O4S/c18-12-2-1-3-14(10-12)26(24,25)21-8-6-20(7-9-21)17(23)15-11-13(19)4-5-16(15)22/h1-5,10-11,22H,6-9H2. The summed E-state index contributed by atoms with van der Waals surface area (Å²) in [7, 11) is -3.62. The van der Waals surface area contributed by atoms with Gasteiger partial charge in [0.05, 0.1) is 10.5 Å². The van der Waals surface area contributed by atoms with Crippen LogP contribution in [0, 0.1) is 0 Å². The number of phenols is 1. The normalized spacial score (nSPS) is 15.8. The minimum absolute atomic E-state index is 0.112. The van der Waals surface area contributed by atoms with Gasteiger partial charge in [0.15, 0.2) is 0 Å². The van der Waals surface area contributed by atoms with E-state index in [1.54, 1.807) is 24.3 Å². The Morgan fingerprint density at radius 2 is 1.77 bits per heavy atom. The summed E-state index contributed by atoms with van der Waals surface area (Å²) in [6, 6.07) is 10.8. The molecule has 0 spiro atoms. The predicted molar refractivity (Wildman–Crippen MR) is 102 cm³/mol. The summed E-state index contributed by atoms with van der Waals surface area (Å²) in [4.78, 5) is 14.3. The topological polar surface area (TPSA) is 77.9 Å². The molecule has 0 saturated carbocycles. The van der Waals surface area contributed by atoms with Crippen molar-refractivity contribution in [1.82, 2.24) is 9.21 Å². The first-order chi connectivity index (χ1) is 12.3. The van der Waals surface area contributed by atoms with Crippen LogP contribution in [0.25, 0.3) is 0 Å². The number of aromatic hydroxyl groups is 1. The summed E-state index contributed by atoms with van der Waals surface area (Å²) in [6.45, 7) is 0.833. The van der Waals surface area contributed by atoms with E-state index in [2.05, 4.69) is 15.9 Å². The maximum absolute atomic E-state index is 12.7.